The number of aromatic nitrogens is 1. The van der Waals surface area contributed by atoms with Crippen LogP contribution < -0.4 is 14.4 Å². The lowest BCUT2D eigenvalue weighted by molar-refractivity contribution is -0.137. The van der Waals surface area contributed by atoms with E-state index < -0.39 is 21.8 Å². The lowest BCUT2D eigenvalue weighted by Gasteiger charge is -2.29. The first-order chi connectivity index (χ1) is 18.9. The van der Waals surface area contributed by atoms with E-state index in [4.69, 9.17) is 14.2 Å². The van der Waals surface area contributed by atoms with Crippen LogP contribution in [0.5, 0.6) is 5.75 Å². The van der Waals surface area contributed by atoms with Gasteiger partial charge in [-0.05, 0) is 42.5 Å². The number of carbonyl (C=O) groups is 1. The van der Waals surface area contributed by atoms with Gasteiger partial charge in [-0.3, -0.25) is 14.5 Å². The third-order valence-electron chi connectivity index (χ3n) is 5.89. The number of fused-ring (bicyclic) bond motifs is 1. The van der Waals surface area contributed by atoms with Crippen molar-refractivity contribution in [2.24, 2.45) is 0 Å². The average molecular weight is 644 g/mol. The number of ether oxygens (including phenoxy) is 3. The molecule has 0 radical (unpaired) electrons. The smallest absolute Gasteiger partial charge is 0.416 e. The molecule has 1 aliphatic heterocycles. The van der Waals surface area contributed by atoms with Gasteiger partial charge in [0, 0.05) is 35.8 Å². The van der Waals surface area contributed by atoms with Gasteiger partial charge in [-0.25, -0.2) is 8.42 Å². The Hall–Kier alpha value is -3.20. The lowest BCUT2D eigenvalue weighted by Crippen LogP contribution is -2.38. The molecular weight excluding hydrogens is 619 g/mol. The molecule has 40 heavy (non-hydrogen) atoms. The van der Waals surface area contributed by atoms with Gasteiger partial charge < -0.3 is 19.1 Å². The summed E-state index contributed by atoms with van der Waals surface area (Å²) in [7, 11) is -2.13. The predicted molar refractivity (Wildman–Crippen MR) is 146 cm³/mol. The number of nitrogens with zero attached hydrogens (tertiary/aromatic N) is 2. The molecule has 0 aliphatic carbocycles. The molecule has 14 heteroatoms. The number of anilines is 2. The highest BCUT2D eigenvalue weighted by Crippen LogP contribution is 2.37. The van der Waals surface area contributed by atoms with Crippen LogP contribution >= 0.6 is 15.9 Å². The topological polar surface area (TPSA) is 107 Å². The highest BCUT2D eigenvalue weighted by Gasteiger charge is 2.31. The number of hydrogen-bond acceptors (Lipinski definition) is 7. The zero-order valence-corrected chi connectivity index (χ0v) is 23.8. The van der Waals surface area contributed by atoms with Gasteiger partial charge in [0.15, 0.2) is 6.79 Å². The summed E-state index contributed by atoms with van der Waals surface area (Å²) < 4.78 is 81.4. The molecule has 0 saturated carbocycles. The van der Waals surface area contributed by atoms with Crippen LogP contribution in [-0.4, -0.2) is 59.2 Å². The number of benzene rings is 2. The first-order valence-corrected chi connectivity index (χ1v) is 14.6. The monoisotopic (exact) mass is 643 g/mol. The molecule has 0 unspecified atom stereocenters. The van der Waals surface area contributed by atoms with Crippen LogP contribution in [0.3, 0.4) is 0 Å². The van der Waals surface area contributed by atoms with Crippen molar-refractivity contribution < 1.29 is 40.6 Å². The van der Waals surface area contributed by atoms with Gasteiger partial charge in [0.05, 0.1) is 47.7 Å². The molecule has 0 bridgehead atoms. The maximum absolute atomic E-state index is 13.4. The number of nitrogens with one attached hydrogen (secondary N) is 1. The zero-order valence-electron chi connectivity index (χ0n) is 21.4. The van der Waals surface area contributed by atoms with Crippen LogP contribution in [-0.2, 0) is 32.1 Å². The third kappa shape index (κ3) is 7.11. The quantitative estimate of drug-likeness (QED) is 0.242. The Balaban J connectivity index is 1.57. The SMILES string of the molecule is COCCOCOc1ccc(N2CCc3nc(-c4ccc(C(F)(F)F)cc4Br)ccc3C2=O)cc1NS(C)(=O)=O. The summed E-state index contributed by atoms with van der Waals surface area (Å²) in [6.07, 6.45) is -3.11. The van der Waals surface area contributed by atoms with Crippen molar-refractivity contribution in [2.75, 3.05) is 49.5 Å². The van der Waals surface area contributed by atoms with E-state index in [1.165, 1.54) is 30.2 Å². The Morgan fingerprint density at radius 3 is 2.50 bits per heavy atom. The average Bonchev–Trinajstić information content (AvgIpc) is 2.88. The van der Waals surface area contributed by atoms with Gasteiger partial charge in [-0.1, -0.05) is 22.0 Å². The van der Waals surface area contributed by atoms with Crippen LogP contribution in [0.1, 0.15) is 21.6 Å². The van der Waals surface area contributed by atoms with Crippen molar-refractivity contribution in [2.45, 2.75) is 12.6 Å². The zero-order chi connectivity index (χ0) is 29.1. The van der Waals surface area contributed by atoms with Crippen LogP contribution in [0.25, 0.3) is 11.3 Å². The Bertz CT molecular complexity index is 1520. The number of carbonyl (C=O) groups excluding carboxylic acids is 1. The van der Waals surface area contributed by atoms with Crippen molar-refractivity contribution in [3.63, 3.8) is 0 Å². The first kappa shape index (κ1) is 29.8. The van der Waals surface area contributed by atoms with Crippen LogP contribution in [0.2, 0.25) is 0 Å². The summed E-state index contributed by atoms with van der Waals surface area (Å²) >= 11 is 3.20. The fourth-order valence-corrected chi connectivity index (χ4v) is 5.19. The largest absolute Gasteiger partial charge is 0.465 e. The molecule has 1 amide bonds. The van der Waals surface area contributed by atoms with E-state index in [9.17, 15) is 26.4 Å². The molecule has 3 aromatic rings. The number of halogens is 4. The lowest BCUT2D eigenvalue weighted by atomic mass is 10.0. The molecule has 0 saturated heterocycles. The van der Waals surface area contributed by atoms with Crippen molar-refractivity contribution >= 4 is 43.2 Å². The molecule has 1 aliphatic rings. The van der Waals surface area contributed by atoms with Gasteiger partial charge in [0.25, 0.3) is 5.91 Å². The molecule has 214 valence electrons. The second kappa shape index (κ2) is 12.1. The molecule has 0 fully saturated rings. The fourth-order valence-electron chi connectivity index (χ4n) is 4.04. The van der Waals surface area contributed by atoms with E-state index in [1.807, 2.05) is 0 Å². The molecule has 4 rings (SSSR count). The molecule has 2 aromatic carbocycles. The number of sulfonamides is 1. The van der Waals surface area contributed by atoms with Crippen LogP contribution in [0, 0.1) is 0 Å². The van der Waals surface area contributed by atoms with Crippen LogP contribution in [0.15, 0.2) is 53.0 Å². The van der Waals surface area contributed by atoms with E-state index in [1.54, 1.807) is 18.2 Å². The Kier molecular flexibility index (Phi) is 9.02. The number of amides is 1. The predicted octanol–water partition coefficient (Wildman–Crippen LogP) is 5.10. The minimum absolute atomic E-state index is 0.134. The molecule has 0 atom stereocenters. The number of pyridine rings is 1. The van der Waals surface area contributed by atoms with Gasteiger partial charge in [0.2, 0.25) is 10.0 Å². The Morgan fingerprint density at radius 2 is 1.82 bits per heavy atom. The summed E-state index contributed by atoms with van der Waals surface area (Å²) in [6.45, 7) is 0.763. The third-order valence-corrected chi connectivity index (χ3v) is 7.14. The number of methoxy groups -OCH3 is 1. The van der Waals surface area contributed by atoms with Crippen molar-refractivity contribution in [3.05, 3.63) is 69.8 Å². The maximum Gasteiger partial charge on any atom is 0.416 e. The summed E-state index contributed by atoms with van der Waals surface area (Å²) in [4.78, 5) is 19.4. The number of rotatable bonds is 10. The maximum atomic E-state index is 13.4. The second-order valence-corrected chi connectivity index (χ2v) is 11.4. The van der Waals surface area contributed by atoms with E-state index >= 15 is 0 Å². The highest BCUT2D eigenvalue weighted by molar-refractivity contribution is 9.10. The molecule has 1 N–H and O–H groups in total. The van der Waals surface area contributed by atoms with Crippen LogP contribution in [0.4, 0.5) is 24.5 Å². The van der Waals surface area contributed by atoms with E-state index in [0.29, 0.717) is 41.2 Å². The summed E-state index contributed by atoms with van der Waals surface area (Å²) in [5.41, 5.74) is 1.51. The summed E-state index contributed by atoms with van der Waals surface area (Å²) in [5.74, 6) is -0.140. The summed E-state index contributed by atoms with van der Waals surface area (Å²) in [5, 5.41) is 0. The normalized spacial score (nSPS) is 13.8. The van der Waals surface area contributed by atoms with Crippen molar-refractivity contribution in [1.29, 1.82) is 0 Å². The second-order valence-electron chi connectivity index (χ2n) is 8.81. The van der Waals surface area contributed by atoms with Gasteiger partial charge in [-0.15, -0.1) is 0 Å². The molecular formula is C26H25BrF3N3O6S. The van der Waals surface area contributed by atoms with Gasteiger partial charge in [-0.2, -0.15) is 13.2 Å². The highest BCUT2D eigenvalue weighted by atomic mass is 79.9. The Morgan fingerprint density at radius 1 is 1.07 bits per heavy atom. The molecule has 2 heterocycles. The fraction of sp³-hybridized carbons (Fsp3) is 0.308. The van der Waals surface area contributed by atoms with Crippen molar-refractivity contribution in [1.82, 2.24) is 4.98 Å². The van der Waals surface area contributed by atoms with E-state index in [-0.39, 0.29) is 41.8 Å². The first-order valence-electron chi connectivity index (χ1n) is 11.9. The van der Waals surface area contributed by atoms with Gasteiger partial charge >= 0.3 is 6.18 Å². The number of alkyl halides is 3. The van der Waals surface area contributed by atoms with Crippen molar-refractivity contribution in [3.8, 4) is 17.0 Å². The standard InChI is InChI=1S/C26H25BrF3N3O6S/c1-37-11-12-38-15-39-24-8-4-17(14-23(24)32-40(2,35)36)33-10-9-22-19(25(33)34)6-7-21(31-22)18-5-3-16(13-20(18)27)26(28,29)30/h3-8,13-14,32H,9-12,15H2,1-2H3. The Labute approximate surface area is 237 Å². The minimum Gasteiger partial charge on any atom is -0.465 e. The summed E-state index contributed by atoms with van der Waals surface area (Å²) in [6, 6.07) is 11.1. The molecule has 9 nitrogen and oxygen atoms in total. The number of hydrogen-bond donors (Lipinski definition) is 1. The van der Waals surface area contributed by atoms with E-state index in [2.05, 4.69) is 25.6 Å². The van der Waals surface area contributed by atoms with Gasteiger partial charge in [0.1, 0.15) is 5.75 Å². The minimum atomic E-state index is -4.47. The molecule has 0 spiro atoms. The van der Waals surface area contributed by atoms with E-state index in [0.717, 1.165) is 18.4 Å². The molecule has 1 aromatic heterocycles.